The summed E-state index contributed by atoms with van der Waals surface area (Å²) in [4.78, 5) is 18.8. The molecule has 3 heterocycles. The highest BCUT2D eigenvalue weighted by molar-refractivity contribution is 6.81. The number of aliphatic hydroxyl groups excluding tert-OH is 1. The molecular formula is C19H33N3O5Si. The van der Waals surface area contributed by atoms with E-state index in [9.17, 15) is 9.90 Å². The molecule has 3 rings (SSSR count). The standard InChI is InChI=1S/C19H33N3O5Si/c1-9-16(23)22-15(20)10(21-9)11-12-13(27-19(5,6)26-12)14(25-11)17(24)28(7,8)18(2,3)4/h11-14,17,24H,1-8H3,(H3,20,22,23)/t11-,12-,13-,14-,17?/m0/s1. The molecule has 2 aliphatic heterocycles. The van der Waals surface area contributed by atoms with Gasteiger partial charge in [-0.05, 0) is 25.8 Å². The predicted molar refractivity (Wildman–Crippen MR) is 109 cm³/mol. The summed E-state index contributed by atoms with van der Waals surface area (Å²) in [6, 6.07) is 0. The summed E-state index contributed by atoms with van der Waals surface area (Å²) < 4.78 is 18.5. The lowest BCUT2D eigenvalue weighted by Crippen LogP contribution is -2.57. The lowest BCUT2D eigenvalue weighted by Gasteiger charge is -2.43. The minimum atomic E-state index is -2.16. The van der Waals surface area contributed by atoms with Crippen molar-refractivity contribution in [2.45, 2.75) is 95.6 Å². The van der Waals surface area contributed by atoms with Crippen LogP contribution in [-0.4, -0.2) is 53.0 Å². The highest BCUT2D eigenvalue weighted by Gasteiger charge is 2.61. The van der Waals surface area contributed by atoms with Gasteiger partial charge in [0.15, 0.2) is 5.79 Å². The smallest absolute Gasteiger partial charge is 0.270 e. The van der Waals surface area contributed by atoms with Gasteiger partial charge in [0.1, 0.15) is 41.6 Å². The highest BCUT2D eigenvalue weighted by atomic mass is 28.3. The van der Waals surface area contributed by atoms with Gasteiger partial charge in [-0.3, -0.25) is 4.79 Å². The van der Waals surface area contributed by atoms with Crippen LogP contribution in [0.15, 0.2) is 4.79 Å². The van der Waals surface area contributed by atoms with Crippen LogP contribution in [0, 0.1) is 6.92 Å². The predicted octanol–water partition coefficient (Wildman–Crippen LogP) is 2.03. The minimum Gasteiger partial charge on any atom is -0.394 e. The van der Waals surface area contributed by atoms with Crippen LogP contribution in [0.3, 0.4) is 0 Å². The Balaban J connectivity index is 2.02. The zero-order valence-corrected chi connectivity index (χ0v) is 19.0. The Hall–Kier alpha value is -1.26. The molecule has 5 atom stereocenters. The second-order valence-electron chi connectivity index (χ2n) is 9.95. The van der Waals surface area contributed by atoms with E-state index in [-0.39, 0.29) is 16.4 Å². The number of nitrogens with one attached hydrogen (secondary N) is 1. The first kappa shape index (κ1) is 21.4. The van der Waals surface area contributed by atoms with Crippen molar-refractivity contribution in [2.75, 3.05) is 5.73 Å². The van der Waals surface area contributed by atoms with Gasteiger partial charge in [0.25, 0.3) is 5.56 Å². The van der Waals surface area contributed by atoms with E-state index in [4.69, 9.17) is 19.9 Å². The van der Waals surface area contributed by atoms with Crippen molar-refractivity contribution in [1.29, 1.82) is 0 Å². The summed E-state index contributed by atoms with van der Waals surface area (Å²) in [6.45, 7) is 16.0. The first-order valence-electron chi connectivity index (χ1n) is 9.71. The molecule has 0 bridgehead atoms. The lowest BCUT2D eigenvalue weighted by molar-refractivity contribution is -0.194. The summed E-state index contributed by atoms with van der Waals surface area (Å²) >= 11 is 0. The fraction of sp³-hybridized carbons (Fsp3) is 0.789. The summed E-state index contributed by atoms with van der Waals surface area (Å²) in [5.41, 5.74) is 5.76. The number of aromatic nitrogens is 2. The highest BCUT2D eigenvalue weighted by Crippen LogP contribution is 2.49. The van der Waals surface area contributed by atoms with Crippen molar-refractivity contribution < 1.29 is 19.3 Å². The molecule has 0 saturated carbocycles. The monoisotopic (exact) mass is 411 g/mol. The summed E-state index contributed by atoms with van der Waals surface area (Å²) in [7, 11) is -2.16. The van der Waals surface area contributed by atoms with Crippen LogP contribution in [-0.2, 0) is 14.2 Å². The maximum absolute atomic E-state index is 11.8. The number of hydrogen-bond donors (Lipinski definition) is 3. The van der Waals surface area contributed by atoms with Gasteiger partial charge in [-0.15, -0.1) is 0 Å². The average Bonchev–Trinajstić information content (AvgIpc) is 3.02. The van der Waals surface area contributed by atoms with E-state index >= 15 is 0 Å². The Kier molecular flexibility index (Phi) is 5.08. The van der Waals surface area contributed by atoms with Crippen molar-refractivity contribution in [3.05, 3.63) is 21.7 Å². The van der Waals surface area contributed by atoms with Gasteiger partial charge >= 0.3 is 0 Å². The molecule has 9 heteroatoms. The Morgan fingerprint density at radius 1 is 1.25 bits per heavy atom. The molecule has 2 aliphatic rings. The molecule has 0 amide bonds. The van der Waals surface area contributed by atoms with Crippen LogP contribution in [0.25, 0.3) is 0 Å². The fourth-order valence-electron chi connectivity index (χ4n) is 3.74. The number of aryl methyl sites for hydroxylation is 1. The SMILES string of the molecule is Cc1nc([C@@H]2O[C@H](C(O)[Si](C)(C)C(C)(C)C)[C@H]3OC(C)(C)O[C@H]32)c(N)[nH]c1=O. The van der Waals surface area contributed by atoms with Crippen molar-refractivity contribution in [2.24, 2.45) is 0 Å². The van der Waals surface area contributed by atoms with E-state index in [1.807, 2.05) is 13.8 Å². The number of aromatic amines is 1. The van der Waals surface area contributed by atoms with Crippen molar-refractivity contribution in [3.8, 4) is 0 Å². The van der Waals surface area contributed by atoms with Gasteiger partial charge < -0.3 is 30.0 Å². The molecule has 1 aromatic heterocycles. The number of aliphatic hydroxyl groups is 1. The van der Waals surface area contributed by atoms with Crippen LogP contribution in [0.1, 0.15) is 52.1 Å². The Bertz CT molecular complexity index is 817. The first-order chi connectivity index (χ1) is 12.7. The number of anilines is 1. The third-order valence-corrected chi connectivity index (χ3v) is 12.2. The van der Waals surface area contributed by atoms with Gasteiger partial charge in [0.05, 0.1) is 13.8 Å². The molecular weight excluding hydrogens is 378 g/mol. The number of hydrogen-bond acceptors (Lipinski definition) is 7. The second-order valence-corrected chi connectivity index (χ2v) is 15.5. The molecule has 28 heavy (non-hydrogen) atoms. The van der Waals surface area contributed by atoms with Crippen LogP contribution >= 0.6 is 0 Å². The average molecular weight is 412 g/mol. The molecule has 2 saturated heterocycles. The van der Waals surface area contributed by atoms with E-state index in [1.165, 1.54) is 0 Å². The molecule has 1 aromatic rings. The van der Waals surface area contributed by atoms with Crippen molar-refractivity contribution in [3.63, 3.8) is 0 Å². The van der Waals surface area contributed by atoms with Crippen LogP contribution < -0.4 is 11.3 Å². The molecule has 0 spiro atoms. The Morgan fingerprint density at radius 3 is 2.39 bits per heavy atom. The molecule has 4 N–H and O–H groups in total. The molecule has 0 aromatic carbocycles. The van der Waals surface area contributed by atoms with Gasteiger partial charge in [-0.2, -0.15) is 0 Å². The Labute approximate surface area is 166 Å². The normalized spacial score (nSPS) is 31.0. The number of rotatable bonds is 3. The molecule has 8 nitrogen and oxygen atoms in total. The number of nitrogen functional groups attached to an aromatic ring is 1. The fourth-order valence-corrected chi connectivity index (χ4v) is 5.72. The molecule has 158 valence electrons. The largest absolute Gasteiger partial charge is 0.394 e. The number of nitrogens with zero attached hydrogens (tertiary/aromatic N) is 1. The minimum absolute atomic E-state index is 0.0375. The van der Waals surface area contributed by atoms with Crippen LogP contribution in [0.4, 0.5) is 5.82 Å². The van der Waals surface area contributed by atoms with Crippen LogP contribution in [0.2, 0.25) is 18.1 Å². The van der Waals surface area contributed by atoms with E-state index in [1.54, 1.807) is 6.92 Å². The summed E-state index contributed by atoms with van der Waals surface area (Å²) in [5.74, 6) is -0.662. The van der Waals surface area contributed by atoms with Gasteiger partial charge in [-0.1, -0.05) is 33.9 Å². The zero-order chi connectivity index (χ0) is 21.2. The van der Waals surface area contributed by atoms with Crippen molar-refractivity contribution in [1.82, 2.24) is 9.97 Å². The second kappa shape index (κ2) is 6.63. The van der Waals surface area contributed by atoms with Crippen LogP contribution in [0.5, 0.6) is 0 Å². The van der Waals surface area contributed by atoms with E-state index in [2.05, 4.69) is 43.8 Å². The number of nitrogens with two attached hydrogens (primary N) is 1. The molecule has 2 fully saturated rings. The third kappa shape index (κ3) is 3.43. The quantitative estimate of drug-likeness (QED) is 0.651. The van der Waals surface area contributed by atoms with E-state index in [0.717, 1.165) is 0 Å². The molecule has 0 aliphatic carbocycles. The van der Waals surface area contributed by atoms with E-state index < -0.39 is 44.0 Å². The topological polar surface area (TPSA) is 120 Å². The van der Waals surface area contributed by atoms with E-state index in [0.29, 0.717) is 11.4 Å². The molecule has 0 radical (unpaired) electrons. The maximum atomic E-state index is 11.8. The summed E-state index contributed by atoms with van der Waals surface area (Å²) in [5, 5.41) is 11.3. The van der Waals surface area contributed by atoms with Gasteiger partial charge in [-0.25, -0.2) is 4.98 Å². The van der Waals surface area contributed by atoms with Crippen molar-refractivity contribution >= 4 is 13.9 Å². The van der Waals surface area contributed by atoms with Gasteiger partial charge in [0, 0.05) is 0 Å². The summed E-state index contributed by atoms with van der Waals surface area (Å²) in [6.07, 6.45) is -2.12. The maximum Gasteiger partial charge on any atom is 0.270 e. The third-order valence-electron chi connectivity index (χ3n) is 6.48. The zero-order valence-electron chi connectivity index (χ0n) is 18.0. The number of H-pyrrole nitrogens is 1. The Morgan fingerprint density at radius 2 is 1.82 bits per heavy atom. The number of fused-ring (bicyclic) bond motifs is 1. The number of ether oxygens (including phenoxy) is 3. The van der Waals surface area contributed by atoms with Gasteiger partial charge in [0.2, 0.25) is 0 Å². The first-order valence-corrected chi connectivity index (χ1v) is 12.8. The lowest BCUT2D eigenvalue weighted by atomic mass is 10.1. The molecule has 1 unspecified atom stereocenters.